The maximum atomic E-state index is 11.3. The van der Waals surface area contributed by atoms with E-state index in [-0.39, 0.29) is 13.7 Å². The van der Waals surface area contributed by atoms with Gasteiger partial charge in [-0.15, -0.1) is 0 Å². The fraction of sp³-hybridized carbons (Fsp3) is 0.333. The third-order valence-corrected chi connectivity index (χ3v) is 3.07. The second kappa shape index (κ2) is 4.99. The first-order valence-corrected chi connectivity index (χ1v) is 6.07. The zero-order valence-electron chi connectivity index (χ0n) is 8.43. The van der Waals surface area contributed by atoms with Crippen LogP contribution in [0.2, 0.25) is 0 Å². The van der Waals surface area contributed by atoms with E-state index < -0.39 is 10.0 Å². The lowest BCUT2D eigenvalue weighted by atomic mass is 10.3. The molecule has 0 amide bonds. The molecular formula is C9H16N2O3S. The SMILES string of the molecule is COc1ccc(NS(=O)(=O)CCN)cc1.[HH]. The molecule has 0 saturated carbocycles. The summed E-state index contributed by atoms with van der Waals surface area (Å²) in [4.78, 5) is 0. The van der Waals surface area contributed by atoms with Gasteiger partial charge in [-0.05, 0) is 24.3 Å². The number of hydrogen-bond donors (Lipinski definition) is 2. The number of anilines is 1. The van der Waals surface area contributed by atoms with Gasteiger partial charge in [0.15, 0.2) is 0 Å². The van der Waals surface area contributed by atoms with Crippen molar-refractivity contribution in [2.24, 2.45) is 5.73 Å². The number of nitrogens with two attached hydrogens (primary N) is 1. The topological polar surface area (TPSA) is 81.4 Å². The smallest absolute Gasteiger partial charge is 0.233 e. The van der Waals surface area contributed by atoms with Crippen molar-refractivity contribution in [3.63, 3.8) is 0 Å². The molecule has 0 aliphatic carbocycles. The Labute approximate surface area is 90.8 Å². The third kappa shape index (κ3) is 3.77. The molecule has 0 atom stereocenters. The zero-order valence-corrected chi connectivity index (χ0v) is 9.25. The van der Waals surface area contributed by atoms with Crippen LogP contribution in [0.4, 0.5) is 5.69 Å². The number of sulfonamides is 1. The van der Waals surface area contributed by atoms with Gasteiger partial charge in [0.05, 0.1) is 12.9 Å². The minimum Gasteiger partial charge on any atom is -0.497 e. The van der Waals surface area contributed by atoms with Gasteiger partial charge in [0.1, 0.15) is 5.75 Å². The van der Waals surface area contributed by atoms with Crippen LogP contribution in [0.5, 0.6) is 5.75 Å². The molecule has 0 aromatic heterocycles. The van der Waals surface area contributed by atoms with Crippen molar-refractivity contribution in [3.05, 3.63) is 24.3 Å². The molecule has 3 N–H and O–H groups in total. The Balaban J connectivity index is 0.00000225. The second-order valence-corrected chi connectivity index (χ2v) is 4.78. The molecule has 0 aliphatic heterocycles. The van der Waals surface area contributed by atoms with Gasteiger partial charge in [-0.1, -0.05) is 0 Å². The molecule has 0 unspecified atom stereocenters. The van der Waals surface area contributed by atoms with Crippen molar-refractivity contribution in [1.29, 1.82) is 0 Å². The second-order valence-electron chi connectivity index (χ2n) is 2.94. The van der Waals surface area contributed by atoms with E-state index in [1.54, 1.807) is 31.4 Å². The Morgan fingerprint density at radius 2 is 2.00 bits per heavy atom. The molecule has 0 radical (unpaired) electrons. The molecule has 5 nitrogen and oxygen atoms in total. The Kier molecular flexibility index (Phi) is 3.93. The molecular weight excluding hydrogens is 216 g/mol. The first-order chi connectivity index (χ1) is 7.07. The van der Waals surface area contributed by atoms with Crippen molar-refractivity contribution in [1.82, 2.24) is 0 Å². The summed E-state index contributed by atoms with van der Waals surface area (Å²) in [6.07, 6.45) is 0. The number of rotatable bonds is 5. The Hall–Kier alpha value is -1.27. The van der Waals surface area contributed by atoms with Crippen molar-refractivity contribution < 1.29 is 14.6 Å². The first-order valence-electron chi connectivity index (χ1n) is 4.42. The summed E-state index contributed by atoms with van der Waals surface area (Å²) in [6, 6.07) is 6.63. The lowest BCUT2D eigenvalue weighted by Gasteiger charge is -2.07. The molecule has 0 heterocycles. The molecule has 15 heavy (non-hydrogen) atoms. The van der Waals surface area contributed by atoms with E-state index in [1.165, 1.54) is 0 Å². The molecule has 1 aromatic carbocycles. The van der Waals surface area contributed by atoms with Gasteiger partial charge in [0, 0.05) is 13.7 Å². The minimum absolute atomic E-state index is 0. The molecule has 0 spiro atoms. The Morgan fingerprint density at radius 1 is 1.40 bits per heavy atom. The van der Waals surface area contributed by atoms with Gasteiger partial charge >= 0.3 is 0 Å². The third-order valence-electron chi connectivity index (χ3n) is 1.75. The van der Waals surface area contributed by atoms with Crippen LogP contribution < -0.4 is 15.2 Å². The number of hydrogen-bond acceptors (Lipinski definition) is 4. The molecule has 86 valence electrons. The summed E-state index contributed by atoms with van der Waals surface area (Å²) in [5.41, 5.74) is 5.68. The summed E-state index contributed by atoms with van der Waals surface area (Å²) in [7, 11) is -1.77. The number of methoxy groups -OCH3 is 1. The van der Waals surface area contributed by atoms with Gasteiger partial charge in [0.2, 0.25) is 10.0 Å². The Morgan fingerprint density at radius 3 is 2.47 bits per heavy atom. The maximum Gasteiger partial charge on any atom is 0.233 e. The lowest BCUT2D eigenvalue weighted by molar-refractivity contribution is 0.415. The normalized spacial score (nSPS) is 11.1. The lowest BCUT2D eigenvalue weighted by Crippen LogP contribution is -2.22. The van der Waals surface area contributed by atoms with E-state index >= 15 is 0 Å². The molecule has 0 bridgehead atoms. The fourth-order valence-corrected chi connectivity index (χ4v) is 1.95. The van der Waals surface area contributed by atoms with Crippen molar-refractivity contribution in [3.8, 4) is 5.75 Å². The van der Waals surface area contributed by atoms with E-state index in [9.17, 15) is 8.42 Å². The molecule has 1 rings (SSSR count). The highest BCUT2D eigenvalue weighted by Crippen LogP contribution is 2.15. The molecule has 6 heteroatoms. The van der Waals surface area contributed by atoms with Crippen LogP contribution in [0.25, 0.3) is 0 Å². The Bertz CT molecular complexity index is 405. The summed E-state index contributed by atoms with van der Waals surface area (Å²) in [5.74, 6) is 0.593. The number of nitrogens with one attached hydrogen (secondary N) is 1. The molecule has 0 saturated heterocycles. The van der Waals surface area contributed by atoms with E-state index in [1.807, 2.05) is 0 Å². The quantitative estimate of drug-likeness (QED) is 0.780. The van der Waals surface area contributed by atoms with E-state index in [0.29, 0.717) is 11.4 Å². The van der Waals surface area contributed by atoms with Gasteiger partial charge in [-0.25, -0.2) is 8.42 Å². The maximum absolute atomic E-state index is 11.3. The highest BCUT2D eigenvalue weighted by Gasteiger charge is 2.08. The minimum atomic E-state index is -3.32. The average Bonchev–Trinajstić information content (AvgIpc) is 2.18. The summed E-state index contributed by atoms with van der Waals surface area (Å²) in [6.45, 7) is 0.103. The monoisotopic (exact) mass is 232 g/mol. The summed E-state index contributed by atoms with van der Waals surface area (Å²) >= 11 is 0. The standard InChI is InChI=1S/C9H14N2O3S.H2/c1-14-9-4-2-8(3-5-9)11-15(12,13)7-6-10;/h2-5,11H,6-7,10H2,1H3;1H. The molecule has 1 aromatic rings. The van der Waals surface area contributed by atoms with E-state index in [0.717, 1.165) is 0 Å². The highest BCUT2D eigenvalue weighted by atomic mass is 32.2. The largest absolute Gasteiger partial charge is 0.497 e. The van der Waals surface area contributed by atoms with Crippen LogP contribution in [0, 0.1) is 0 Å². The van der Waals surface area contributed by atoms with Crippen molar-refractivity contribution >= 4 is 15.7 Å². The molecule has 0 aliphatic rings. The predicted molar refractivity (Wildman–Crippen MR) is 61.6 cm³/mol. The van der Waals surface area contributed by atoms with Crippen molar-refractivity contribution in [2.45, 2.75) is 0 Å². The zero-order chi connectivity index (χ0) is 11.3. The summed E-state index contributed by atoms with van der Waals surface area (Å²) in [5, 5.41) is 0. The number of ether oxygens (including phenoxy) is 1. The van der Waals surface area contributed by atoms with Crippen LogP contribution in [-0.2, 0) is 10.0 Å². The first kappa shape index (κ1) is 11.8. The predicted octanol–water partition coefficient (Wildman–Crippen LogP) is 0.642. The van der Waals surface area contributed by atoms with Crippen LogP contribution in [0.15, 0.2) is 24.3 Å². The van der Waals surface area contributed by atoms with Gasteiger partial charge in [0.25, 0.3) is 0 Å². The molecule has 0 fully saturated rings. The van der Waals surface area contributed by atoms with Gasteiger partial charge in [-0.2, -0.15) is 0 Å². The number of benzene rings is 1. The average molecular weight is 232 g/mol. The van der Waals surface area contributed by atoms with Crippen LogP contribution in [0.3, 0.4) is 0 Å². The highest BCUT2D eigenvalue weighted by molar-refractivity contribution is 7.92. The summed E-state index contributed by atoms with van der Waals surface area (Å²) < 4.78 is 30.0. The van der Waals surface area contributed by atoms with Crippen molar-refractivity contribution in [2.75, 3.05) is 24.1 Å². The van der Waals surface area contributed by atoms with Crippen LogP contribution in [0.1, 0.15) is 1.43 Å². The van der Waals surface area contributed by atoms with E-state index in [4.69, 9.17) is 10.5 Å². The van der Waals surface area contributed by atoms with Gasteiger partial charge in [-0.3, -0.25) is 4.72 Å². The van der Waals surface area contributed by atoms with Crippen LogP contribution >= 0.6 is 0 Å². The van der Waals surface area contributed by atoms with Gasteiger partial charge < -0.3 is 10.5 Å². The fourth-order valence-electron chi connectivity index (χ4n) is 1.04. The van der Waals surface area contributed by atoms with E-state index in [2.05, 4.69) is 4.72 Å². The van der Waals surface area contributed by atoms with Crippen LogP contribution in [-0.4, -0.2) is 27.8 Å².